The molecule has 0 bridgehead atoms. The largest absolute Gasteiger partial charge is 0.478 e. The number of nitrogens with zero attached hydrogens (tertiary/aromatic N) is 2. The van der Waals surface area contributed by atoms with Crippen molar-refractivity contribution < 1.29 is 14.3 Å². The molecule has 1 aliphatic heterocycles. The maximum absolute atomic E-state index is 12.5. The summed E-state index contributed by atoms with van der Waals surface area (Å²) < 4.78 is 11.2. The Hall–Kier alpha value is -2.28. The Balaban J connectivity index is 1.60. The minimum Gasteiger partial charge on any atom is -0.478 e. The summed E-state index contributed by atoms with van der Waals surface area (Å²) in [5, 5.41) is 2.89. The fourth-order valence-corrected chi connectivity index (χ4v) is 3.54. The highest BCUT2D eigenvalue weighted by Gasteiger charge is 2.21. The smallest absolute Gasteiger partial charge is 0.257 e. The SMILES string of the molecule is CCOc1ccc(CNC(=O)c2cccnc2OC2CCSC2)cn1. The van der Waals surface area contributed by atoms with E-state index in [0.717, 1.165) is 23.5 Å². The first-order valence-electron chi connectivity index (χ1n) is 8.31. The molecule has 2 aromatic heterocycles. The lowest BCUT2D eigenvalue weighted by atomic mass is 10.2. The zero-order valence-electron chi connectivity index (χ0n) is 14.1. The Morgan fingerprint density at radius 2 is 2.28 bits per heavy atom. The van der Waals surface area contributed by atoms with Gasteiger partial charge in [-0.2, -0.15) is 11.8 Å². The number of carbonyl (C=O) groups excluding carboxylic acids is 1. The Kier molecular flexibility index (Phi) is 6.11. The molecule has 132 valence electrons. The van der Waals surface area contributed by atoms with Crippen LogP contribution in [0.3, 0.4) is 0 Å². The van der Waals surface area contributed by atoms with Crippen LogP contribution in [0.15, 0.2) is 36.7 Å². The molecule has 1 unspecified atom stereocenters. The summed E-state index contributed by atoms with van der Waals surface area (Å²) in [6, 6.07) is 7.15. The number of hydrogen-bond acceptors (Lipinski definition) is 6. The molecule has 25 heavy (non-hydrogen) atoms. The monoisotopic (exact) mass is 359 g/mol. The molecule has 1 amide bonds. The van der Waals surface area contributed by atoms with Gasteiger partial charge in [0.1, 0.15) is 11.7 Å². The van der Waals surface area contributed by atoms with Crippen LogP contribution >= 0.6 is 11.8 Å². The van der Waals surface area contributed by atoms with Crippen molar-refractivity contribution in [1.29, 1.82) is 0 Å². The molecule has 1 saturated heterocycles. The third-order valence-corrected chi connectivity index (χ3v) is 4.86. The molecule has 0 saturated carbocycles. The van der Waals surface area contributed by atoms with Crippen molar-refractivity contribution in [1.82, 2.24) is 15.3 Å². The summed E-state index contributed by atoms with van der Waals surface area (Å²) >= 11 is 1.86. The molecule has 2 aromatic rings. The van der Waals surface area contributed by atoms with E-state index in [2.05, 4.69) is 15.3 Å². The lowest BCUT2D eigenvalue weighted by Crippen LogP contribution is -2.25. The van der Waals surface area contributed by atoms with Crippen molar-refractivity contribution in [2.75, 3.05) is 18.1 Å². The maximum atomic E-state index is 12.5. The zero-order valence-corrected chi connectivity index (χ0v) is 14.9. The number of hydrogen-bond donors (Lipinski definition) is 1. The van der Waals surface area contributed by atoms with Crippen LogP contribution in [0.25, 0.3) is 0 Å². The molecular formula is C18H21N3O3S. The van der Waals surface area contributed by atoms with Crippen molar-refractivity contribution in [3.63, 3.8) is 0 Å². The molecule has 0 aliphatic carbocycles. The van der Waals surface area contributed by atoms with Gasteiger partial charge >= 0.3 is 0 Å². The molecule has 6 nitrogen and oxygen atoms in total. The summed E-state index contributed by atoms with van der Waals surface area (Å²) in [5.41, 5.74) is 1.36. The normalized spacial score (nSPS) is 16.4. The van der Waals surface area contributed by atoms with Gasteiger partial charge in [-0.3, -0.25) is 4.79 Å². The summed E-state index contributed by atoms with van der Waals surface area (Å²) in [6.45, 7) is 2.87. The van der Waals surface area contributed by atoms with Crippen LogP contribution in [-0.2, 0) is 6.54 Å². The van der Waals surface area contributed by atoms with Gasteiger partial charge in [0.2, 0.25) is 11.8 Å². The van der Waals surface area contributed by atoms with Crippen LogP contribution < -0.4 is 14.8 Å². The van der Waals surface area contributed by atoms with Crippen LogP contribution in [0.4, 0.5) is 0 Å². The first kappa shape index (κ1) is 17.5. The molecule has 1 fully saturated rings. The second-order valence-corrected chi connectivity index (χ2v) is 6.73. The van der Waals surface area contributed by atoms with E-state index in [1.54, 1.807) is 30.6 Å². The molecule has 1 N–H and O–H groups in total. The first-order chi connectivity index (χ1) is 12.3. The van der Waals surface area contributed by atoms with Crippen molar-refractivity contribution in [2.45, 2.75) is 26.0 Å². The highest BCUT2D eigenvalue weighted by Crippen LogP contribution is 2.24. The predicted octanol–water partition coefficient (Wildman–Crippen LogP) is 2.69. The van der Waals surface area contributed by atoms with Gasteiger partial charge in [0.05, 0.1) is 6.61 Å². The highest BCUT2D eigenvalue weighted by molar-refractivity contribution is 7.99. The zero-order chi connectivity index (χ0) is 17.5. The Bertz CT molecular complexity index is 703. The molecule has 1 atom stereocenters. The predicted molar refractivity (Wildman–Crippen MR) is 97.2 cm³/mol. The number of amides is 1. The third-order valence-electron chi connectivity index (χ3n) is 3.72. The van der Waals surface area contributed by atoms with E-state index in [1.807, 2.05) is 24.8 Å². The Morgan fingerprint density at radius 3 is 3.00 bits per heavy atom. The van der Waals surface area contributed by atoms with Crippen LogP contribution in [-0.4, -0.2) is 40.1 Å². The van der Waals surface area contributed by atoms with Crippen LogP contribution in [0.2, 0.25) is 0 Å². The fraction of sp³-hybridized carbons (Fsp3) is 0.389. The topological polar surface area (TPSA) is 73.3 Å². The second kappa shape index (κ2) is 8.71. The van der Waals surface area contributed by atoms with E-state index in [4.69, 9.17) is 9.47 Å². The van der Waals surface area contributed by atoms with E-state index in [-0.39, 0.29) is 12.0 Å². The number of aromatic nitrogens is 2. The van der Waals surface area contributed by atoms with Gasteiger partial charge in [-0.05, 0) is 36.8 Å². The minimum atomic E-state index is -0.206. The summed E-state index contributed by atoms with van der Waals surface area (Å²) in [4.78, 5) is 20.9. The van der Waals surface area contributed by atoms with E-state index >= 15 is 0 Å². The molecule has 0 aromatic carbocycles. The third kappa shape index (κ3) is 4.85. The van der Waals surface area contributed by atoms with Gasteiger partial charge in [-0.25, -0.2) is 9.97 Å². The van der Waals surface area contributed by atoms with Gasteiger partial charge in [-0.15, -0.1) is 0 Å². The molecule has 0 spiro atoms. The number of nitrogens with one attached hydrogen (secondary N) is 1. The first-order valence-corrected chi connectivity index (χ1v) is 9.47. The van der Waals surface area contributed by atoms with E-state index in [1.165, 1.54) is 0 Å². The van der Waals surface area contributed by atoms with Gasteiger partial charge in [0, 0.05) is 30.8 Å². The number of rotatable bonds is 7. The average Bonchev–Trinajstić information content (AvgIpc) is 3.15. The summed E-state index contributed by atoms with van der Waals surface area (Å²) in [6.07, 6.45) is 4.45. The molecule has 1 aliphatic rings. The van der Waals surface area contributed by atoms with E-state index < -0.39 is 0 Å². The molecule has 7 heteroatoms. The average molecular weight is 359 g/mol. The fourth-order valence-electron chi connectivity index (χ4n) is 2.45. The molecule has 0 radical (unpaired) electrons. The van der Waals surface area contributed by atoms with E-state index in [9.17, 15) is 4.79 Å². The van der Waals surface area contributed by atoms with Crippen molar-refractivity contribution >= 4 is 17.7 Å². The molecule has 3 heterocycles. The number of thioether (sulfide) groups is 1. The van der Waals surface area contributed by atoms with Gasteiger partial charge in [-0.1, -0.05) is 6.07 Å². The van der Waals surface area contributed by atoms with Crippen LogP contribution in [0, 0.1) is 0 Å². The highest BCUT2D eigenvalue weighted by atomic mass is 32.2. The Morgan fingerprint density at radius 1 is 1.36 bits per heavy atom. The minimum absolute atomic E-state index is 0.127. The number of ether oxygens (including phenoxy) is 2. The quantitative estimate of drug-likeness (QED) is 0.819. The molecule has 3 rings (SSSR count). The standard InChI is InChI=1S/C18H21N3O3S/c1-2-23-16-6-5-13(10-20-16)11-21-17(22)15-4-3-8-19-18(15)24-14-7-9-25-12-14/h3-6,8,10,14H,2,7,9,11-12H2,1H3,(H,21,22). The van der Waals surface area contributed by atoms with Crippen molar-refractivity contribution in [2.24, 2.45) is 0 Å². The van der Waals surface area contributed by atoms with Gasteiger partial charge < -0.3 is 14.8 Å². The van der Waals surface area contributed by atoms with Gasteiger partial charge in [0.15, 0.2) is 0 Å². The summed E-state index contributed by atoms with van der Waals surface area (Å²) in [5.74, 6) is 2.80. The number of pyridine rings is 2. The van der Waals surface area contributed by atoms with Crippen LogP contribution in [0.5, 0.6) is 11.8 Å². The lowest BCUT2D eigenvalue weighted by molar-refractivity contribution is 0.0943. The second-order valence-electron chi connectivity index (χ2n) is 5.58. The lowest BCUT2D eigenvalue weighted by Gasteiger charge is -2.14. The van der Waals surface area contributed by atoms with Crippen molar-refractivity contribution in [3.05, 3.63) is 47.8 Å². The van der Waals surface area contributed by atoms with Crippen molar-refractivity contribution in [3.8, 4) is 11.8 Å². The number of carbonyl (C=O) groups is 1. The van der Waals surface area contributed by atoms with E-state index in [0.29, 0.717) is 30.5 Å². The Labute approximate surface area is 151 Å². The summed E-state index contributed by atoms with van der Waals surface area (Å²) in [7, 11) is 0. The van der Waals surface area contributed by atoms with Crippen LogP contribution in [0.1, 0.15) is 29.3 Å². The molecular weight excluding hydrogens is 338 g/mol. The van der Waals surface area contributed by atoms with Gasteiger partial charge in [0.25, 0.3) is 5.91 Å². The maximum Gasteiger partial charge on any atom is 0.257 e.